The number of nitrogen functional groups attached to an aromatic ring is 1. The van der Waals surface area contributed by atoms with E-state index >= 15 is 0 Å². The first-order valence-corrected chi connectivity index (χ1v) is 6.38. The maximum Gasteiger partial charge on any atom is 0.241 e. The minimum atomic E-state index is -0.145. The first-order chi connectivity index (χ1) is 10.1. The molecule has 0 fully saturated rings. The molecule has 2 rings (SSSR count). The molecular weight excluding hydrogens is 272 g/mol. The van der Waals surface area contributed by atoms with Crippen molar-refractivity contribution in [1.29, 1.82) is 0 Å². The van der Waals surface area contributed by atoms with Gasteiger partial charge in [0, 0.05) is 12.7 Å². The van der Waals surface area contributed by atoms with Gasteiger partial charge >= 0.3 is 0 Å². The molecule has 0 radical (unpaired) electrons. The number of carbonyl (C=O) groups excluding carboxylic acids is 1. The molecule has 1 aromatic heterocycles. The fraction of sp³-hybridized carbons (Fsp3) is 0.286. The molecule has 7 heteroatoms. The number of hydrogen-bond donors (Lipinski definition) is 2. The summed E-state index contributed by atoms with van der Waals surface area (Å²) in [6.45, 7) is 0.528. The molecule has 1 aromatic carbocycles. The molecule has 0 atom stereocenters. The van der Waals surface area contributed by atoms with E-state index in [9.17, 15) is 4.79 Å². The highest BCUT2D eigenvalue weighted by Gasteiger charge is 2.07. The SMILES string of the molecule is COc1ccc(CNC(=O)Cn2cc(N)cn2)cc1OC. The van der Waals surface area contributed by atoms with Crippen LogP contribution >= 0.6 is 0 Å². The van der Waals surface area contributed by atoms with Gasteiger partial charge in [-0.1, -0.05) is 6.07 Å². The summed E-state index contributed by atoms with van der Waals surface area (Å²) in [6, 6.07) is 5.49. The van der Waals surface area contributed by atoms with E-state index in [2.05, 4.69) is 10.4 Å². The van der Waals surface area contributed by atoms with Gasteiger partial charge in [-0.3, -0.25) is 9.48 Å². The van der Waals surface area contributed by atoms with Crippen LogP contribution in [0.3, 0.4) is 0 Å². The number of rotatable bonds is 6. The lowest BCUT2D eigenvalue weighted by Gasteiger charge is -2.10. The molecule has 0 saturated heterocycles. The third-order valence-corrected chi connectivity index (χ3v) is 2.90. The predicted octanol–water partition coefficient (Wildman–Crippen LogP) is 0.799. The maximum absolute atomic E-state index is 11.8. The van der Waals surface area contributed by atoms with E-state index in [0.29, 0.717) is 23.7 Å². The van der Waals surface area contributed by atoms with Crippen LogP contribution in [-0.4, -0.2) is 29.9 Å². The Kier molecular flexibility index (Phi) is 4.65. The van der Waals surface area contributed by atoms with Gasteiger partial charge < -0.3 is 20.5 Å². The zero-order valence-electron chi connectivity index (χ0n) is 12.0. The Labute approximate surface area is 122 Å². The second-order valence-corrected chi connectivity index (χ2v) is 4.44. The molecule has 112 valence electrons. The number of amides is 1. The van der Waals surface area contributed by atoms with Crippen molar-refractivity contribution in [2.75, 3.05) is 20.0 Å². The molecule has 0 aliphatic carbocycles. The average molecular weight is 290 g/mol. The number of nitrogens with two attached hydrogens (primary N) is 1. The monoisotopic (exact) mass is 290 g/mol. The average Bonchev–Trinajstić information content (AvgIpc) is 2.89. The van der Waals surface area contributed by atoms with Crippen LogP contribution in [-0.2, 0) is 17.9 Å². The molecule has 0 spiro atoms. The van der Waals surface area contributed by atoms with Crippen molar-refractivity contribution >= 4 is 11.6 Å². The Morgan fingerprint density at radius 2 is 2.10 bits per heavy atom. The first-order valence-electron chi connectivity index (χ1n) is 6.38. The van der Waals surface area contributed by atoms with Gasteiger partial charge in [-0.2, -0.15) is 5.10 Å². The molecule has 1 amide bonds. The third-order valence-electron chi connectivity index (χ3n) is 2.90. The number of benzene rings is 1. The maximum atomic E-state index is 11.8. The fourth-order valence-corrected chi connectivity index (χ4v) is 1.86. The van der Waals surface area contributed by atoms with Crippen LogP contribution in [0.2, 0.25) is 0 Å². The number of hydrogen-bond acceptors (Lipinski definition) is 5. The van der Waals surface area contributed by atoms with Crippen molar-refractivity contribution in [3.05, 3.63) is 36.2 Å². The molecule has 7 nitrogen and oxygen atoms in total. The molecule has 3 N–H and O–H groups in total. The Bertz CT molecular complexity index is 624. The van der Waals surface area contributed by atoms with Gasteiger partial charge in [0.25, 0.3) is 0 Å². The molecule has 0 aliphatic heterocycles. The summed E-state index contributed by atoms with van der Waals surface area (Å²) in [5, 5.41) is 6.76. The van der Waals surface area contributed by atoms with E-state index in [1.165, 1.54) is 10.9 Å². The van der Waals surface area contributed by atoms with Crippen molar-refractivity contribution < 1.29 is 14.3 Å². The summed E-state index contributed by atoms with van der Waals surface area (Å²) in [6.07, 6.45) is 3.11. The van der Waals surface area contributed by atoms with E-state index in [-0.39, 0.29) is 12.5 Å². The quantitative estimate of drug-likeness (QED) is 0.821. The number of carbonyl (C=O) groups is 1. The summed E-state index contributed by atoms with van der Waals surface area (Å²) >= 11 is 0. The standard InChI is InChI=1S/C14H18N4O3/c1-20-12-4-3-10(5-13(12)21-2)6-16-14(19)9-18-8-11(15)7-17-18/h3-5,7-8H,6,9,15H2,1-2H3,(H,16,19). The molecule has 0 bridgehead atoms. The smallest absolute Gasteiger partial charge is 0.241 e. The number of anilines is 1. The second-order valence-electron chi connectivity index (χ2n) is 4.44. The lowest BCUT2D eigenvalue weighted by molar-refractivity contribution is -0.122. The largest absolute Gasteiger partial charge is 0.493 e. The van der Waals surface area contributed by atoms with Crippen LogP contribution in [0.5, 0.6) is 11.5 Å². The Balaban J connectivity index is 1.91. The first kappa shape index (κ1) is 14.7. The van der Waals surface area contributed by atoms with E-state index < -0.39 is 0 Å². The van der Waals surface area contributed by atoms with Crippen molar-refractivity contribution in [3.63, 3.8) is 0 Å². The molecule has 2 aromatic rings. The molecule has 0 aliphatic rings. The number of nitrogens with zero attached hydrogens (tertiary/aromatic N) is 2. The lowest BCUT2D eigenvalue weighted by atomic mass is 10.2. The highest BCUT2D eigenvalue weighted by molar-refractivity contribution is 5.75. The van der Waals surface area contributed by atoms with Crippen LogP contribution in [0.4, 0.5) is 5.69 Å². The van der Waals surface area contributed by atoms with Crippen LogP contribution < -0.4 is 20.5 Å². The minimum Gasteiger partial charge on any atom is -0.493 e. The van der Waals surface area contributed by atoms with E-state index in [0.717, 1.165) is 5.56 Å². The van der Waals surface area contributed by atoms with Crippen LogP contribution in [0.15, 0.2) is 30.6 Å². The minimum absolute atomic E-state index is 0.129. The Hall–Kier alpha value is -2.70. The summed E-state index contributed by atoms with van der Waals surface area (Å²) < 4.78 is 11.9. The van der Waals surface area contributed by atoms with Crippen molar-refractivity contribution in [2.24, 2.45) is 0 Å². The summed E-state index contributed by atoms with van der Waals surface area (Å²) in [5.41, 5.74) is 6.99. The van der Waals surface area contributed by atoms with Gasteiger partial charge in [-0.05, 0) is 17.7 Å². The molecule has 1 heterocycles. The van der Waals surface area contributed by atoms with E-state index in [1.54, 1.807) is 26.5 Å². The van der Waals surface area contributed by atoms with Gasteiger partial charge in [0.2, 0.25) is 5.91 Å². The highest BCUT2D eigenvalue weighted by atomic mass is 16.5. The fourth-order valence-electron chi connectivity index (χ4n) is 1.86. The number of nitrogens with one attached hydrogen (secondary N) is 1. The number of methoxy groups -OCH3 is 2. The van der Waals surface area contributed by atoms with Crippen LogP contribution in [0.25, 0.3) is 0 Å². The molecule has 0 saturated carbocycles. The van der Waals surface area contributed by atoms with Gasteiger partial charge in [0.15, 0.2) is 11.5 Å². The third kappa shape index (κ3) is 3.88. The molecule has 21 heavy (non-hydrogen) atoms. The van der Waals surface area contributed by atoms with Crippen molar-refractivity contribution in [1.82, 2.24) is 15.1 Å². The van der Waals surface area contributed by atoms with Crippen LogP contribution in [0.1, 0.15) is 5.56 Å². The second kappa shape index (κ2) is 6.65. The summed E-state index contributed by atoms with van der Waals surface area (Å²) in [7, 11) is 3.15. The van der Waals surface area contributed by atoms with Crippen molar-refractivity contribution in [3.8, 4) is 11.5 Å². The summed E-state index contributed by atoms with van der Waals surface area (Å²) in [5.74, 6) is 1.14. The lowest BCUT2D eigenvalue weighted by Crippen LogP contribution is -2.27. The normalized spacial score (nSPS) is 10.2. The zero-order chi connectivity index (χ0) is 15.2. The van der Waals surface area contributed by atoms with E-state index in [1.807, 2.05) is 12.1 Å². The highest BCUT2D eigenvalue weighted by Crippen LogP contribution is 2.27. The van der Waals surface area contributed by atoms with Gasteiger partial charge in [-0.25, -0.2) is 0 Å². The summed E-state index contributed by atoms with van der Waals surface area (Å²) in [4.78, 5) is 11.8. The Morgan fingerprint density at radius 3 is 2.71 bits per heavy atom. The number of ether oxygens (including phenoxy) is 2. The number of aromatic nitrogens is 2. The van der Waals surface area contributed by atoms with Gasteiger partial charge in [0.05, 0.1) is 26.1 Å². The van der Waals surface area contributed by atoms with Gasteiger partial charge in [-0.15, -0.1) is 0 Å². The zero-order valence-corrected chi connectivity index (χ0v) is 12.0. The Morgan fingerprint density at radius 1 is 1.33 bits per heavy atom. The topological polar surface area (TPSA) is 91.4 Å². The van der Waals surface area contributed by atoms with E-state index in [4.69, 9.17) is 15.2 Å². The predicted molar refractivity (Wildman–Crippen MR) is 78.0 cm³/mol. The van der Waals surface area contributed by atoms with Crippen LogP contribution in [0, 0.1) is 0 Å². The van der Waals surface area contributed by atoms with Crippen molar-refractivity contribution in [2.45, 2.75) is 13.1 Å². The van der Waals surface area contributed by atoms with Gasteiger partial charge in [0.1, 0.15) is 6.54 Å². The molecule has 0 unspecified atom stereocenters. The molecular formula is C14H18N4O3.